The summed E-state index contributed by atoms with van der Waals surface area (Å²) in [5.74, 6) is -0.480. The number of hydrogen-bond donors (Lipinski definition) is 1. The number of hydrogen-bond acceptors (Lipinski definition) is 6. The van der Waals surface area contributed by atoms with E-state index in [9.17, 15) is 14.7 Å². The first-order chi connectivity index (χ1) is 10.0. The summed E-state index contributed by atoms with van der Waals surface area (Å²) in [4.78, 5) is 22.7. The largest absolute Gasteiger partial charge is 0.480 e. The first-order valence-electron chi connectivity index (χ1n) is 7.10. The molecular weight excluding hydrogens is 288 g/mol. The fraction of sp³-hybridized carbons (Fsp3) is 0.625. The fourth-order valence-electron chi connectivity index (χ4n) is 2.04. The van der Waals surface area contributed by atoms with Crippen molar-refractivity contribution >= 4 is 11.9 Å². The average molecular weight is 312 g/mol. The Morgan fingerprint density at radius 3 is 2.50 bits per heavy atom. The molecule has 0 aromatic carbocycles. The molecule has 22 heavy (non-hydrogen) atoms. The van der Waals surface area contributed by atoms with Gasteiger partial charge in [-0.15, -0.1) is 0 Å². The molecule has 6 heteroatoms. The number of rotatable bonds is 5. The molecule has 2 unspecified atom stereocenters. The van der Waals surface area contributed by atoms with Crippen LogP contribution in [0.1, 0.15) is 41.0 Å². The predicted octanol–water partition coefficient (Wildman–Crippen LogP) is 2.08. The van der Waals surface area contributed by atoms with Crippen LogP contribution in [-0.4, -0.2) is 35.9 Å². The fourth-order valence-corrected chi connectivity index (χ4v) is 2.04. The van der Waals surface area contributed by atoms with E-state index in [0.717, 1.165) is 0 Å². The van der Waals surface area contributed by atoms with Gasteiger partial charge in [-0.2, -0.15) is 0 Å². The van der Waals surface area contributed by atoms with Gasteiger partial charge in [0.05, 0.1) is 6.42 Å². The second-order valence-electron chi connectivity index (χ2n) is 6.56. The van der Waals surface area contributed by atoms with Crippen LogP contribution in [-0.2, 0) is 23.8 Å². The maximum atomic E-state index is 11.7. The quantitative estimate of drug-likeness (QED) is 0.783. The molecular formula is C16H24O6. The molecule has 0 saturated carbocycles. The lowest BCUT2D eigenvalue weighted by atomic mass is 9.92. The monoisotopic (exact) mass is 312 g/mol. The first kappa shape index (κ1) is 18.2. The Morgan fingerprint density at radius 2 is 2.00 bits per heavy atom. The standard InChI is InChI=1S/C16H24O6/c1-9-14(22-11(3)17)10(2)21-15(9)12(18)8-20-13(19)7-16(4,5)6/h12,15,18H,2,7-8H2,1,3-6H3. The van der Waals surface area contributed by atoms with Crippen molar-refractivity contribution in [1.29, 1.82) is 0 Å². The van der Waals surface area contributed by atoms with Crippen molar-refractivity contribution in [1.82, 2.24) is 0 Å². The minimum absolute atomic E-state index is 0.178. The van der Waals surface area contributed by atoms with E-state index in [1.165, 1.54) is 6.92 Å². The molecule has 1 N–H and O–H groups in total. The van der Waals surface area contributed by atoms with Crippen LogP contribution in [0.15, 0.2) is 23.7 Å². The van der Waals surface area contributed by atoms with Crippen molar-refractivity contribution < 1.29 is 28.9 Å². The van der Waals surface area contributed by atoms with Gasteiger partial charge in [-0.25, -0.2) is 0 Å². The number of ether oxygens (including phenoxy) is 3. The molecule has 0 spiro atoms. The summed E-state index contributed by atoms with van der Waals surface area (Å²) in [6.07, 6.45) is -1.55. The van der Waals surface area contributed by atoms with Crippen molar-refractivity contribution in [3.8, 4) is 0 Å². The van der Waals surface area contributed by atoms with Crippen molar-refractivity contribution in [3.63, 3.8) is 0 Å². The van der Waals surface area contributed by atoms with Gasteiger partial charge in [0.25, 0.3) is 0 Å². The van der Waals surface area contributed by atoms with E-state index < -0.39 is 18.2 Å². The molecule has 0 amide bonds. The molecule has 0 bridgehead atoms. The molecule has 0 radical (unpaired) electrons. The summed E-state index contributed by atoms with van der Waals surface area (Å²) in [6.45, 7) is 12.2. The average Bonchev–Trinajstić information content (AvgIpc) is 2.61. The molecule has 0 aliphatic carbocycles. The van der Waals surface area contributed by atoms with Gasteiger partial charge in [0.15, 0.2) is 17.6 Å². The molecule has 0 fully saturated rings. The van der Waals surface area contributed by atoms with Crippen LogP contribution >= 0.6 is 0 Å². The van der Waals surface area contributed by atoms with Crippen molar-refractivity contribution in [2.24, 2.45) is 5.41 Å². The highest BCUT2D eigenvalue weighted by atomic mass is 16.6. The summed E-state index contributed by atoms with van der Waals surface area (Å²) in [5.41, 5.74) is 0.359. The second-order valence-corrected chi connectivity index (χ2v) is 6.56. The number of carbonyl (C=O) groups excluding carboxylic acids is 2. The molecule has 124 valence electrons. The number of aliphatic hydroxyl groups excluding tert-OH is 1. The summed E-state index contributed by atoms with van der Waals surface area (Å²) in [6, 6.07) is 0. The molecule has 1 rings (SSSR count). The Bertz CT molecular complexity index is 497. The number of carbonyl (C=O) groups is 2. The molecule has 0 aromatic rings. The van der Waals surface area contributed by atoms with Gasteiger partial charge in [-0.3, -0.25) is 9.59 Å². The molecule has 6 nitrogen and oxygen atoms in total. The van der Waals surface area contributed by atoms with Gasteiger partial charge >= 0.3 is 11.9 Å². The lowest BCUT2D eigenvalue weighted by Gasteiger charge is -2.21. The van der Waals surface area contributed by atoms with Crippen LogP contribution in [0.4, 0.5) is 0 Å². The minimum Gasteiger partial charge on any atom is -0.480 e. The van der Waals surface area contributed by atoms with Crippen LogP contribution in [0.5, 0.6) is 0 Å². The molecule has 0 saturated heterocycles. The van der Waals surface area contributed by atoms with E-state index >= 15 is 0 Å². The Labute approximate surface area is 130 Å². The zero-order chi connectivity index (χ0) is 17.1. The Hall–Kier alpha value is -1.82. The molecule has 1 aliphatic rings. The van der Waals surface area contributed by atoms with E-state index in [1.807, 2.05) is 20.8 Å². The van der Waals surface area contributed by atoms with Gasteiger partial charge in [0.1, 0.15) is 12.7 Å². The van der Waals surface area contributed by atoms with Gasteiger partial charge in [-0.05, 0) is 12.3 Å². The minimum atomic E-state index is -1.06. The van der Waals surface area contributed by atoms with Crippen LogP contribution in [0, 0.1) is 5.41 Å². The van der Waals surface area contributed by atoms with Crippen LogP contribution in [0.25, 0.3) is 0 Å². The summed E-state index contributed by atoms with van der Waals surface area (Å²) < 4.78 is 15.5. The maximum absolute atomic E-state index is 11.7. The van der Waals surface area contributed by atoms with E-state index in [4.69, 9.17) is 14.2 Å². The molecule has 0 aromatic heterocycles. The van der Waals surface area contributed by atoms with E-state index in [1.54, 1.807) is 6.92 Å². The topological polar surface area (TPSA) is 82.1 Å². The summed E-state index contributed by atoms with van der Waals surface area (Å²) >= 11 is 0. The third-order valence-electron chi connectivity index (χ3n) is 2.99. The second kappa shape index (κ2) is 6.96. The smallest absolute Gasteiger partial charge is 0.308 e. The molecule has 2 atom stereocenters. The van der Waals surface area contributed by atoms with Gasteiger partial charge in [-0.1, -0.05) is 27.4 Å². The Kier molecular flexibility index (Phi) is 5.77. The first-order valence-corrected chi connectivity index (χ1v) is 7.10. The van der Waals surface area contributed by atoms with E-state index in [2.05, 4.69) is 6.58 Å². The third kappa shape index (κ3) is 5.18. The van der Waals surface area contributed by atoms with E-state index in [-0.39, 0.29) is 35.9 Å². The third-order valence-corrected chi connectivity index (χ3v) is 2.99. The van der Waals surface area contributed by atoms with Gasteiger partial charge in [0.2, 0.25) is 0 Å². The highest BCUT2D eigenvalue weighted by molar-refractivity contribution is 5.70. The number of aliphatic hydroxyl groups is 1. The van der Waals surface area contributed by atoms with Crippen molar-refractivity contribution in [3.05, 3.63) is 23.7 Å². The normalized spacial score (nSPS) is 19.7. The highest BCUT2D eigenvalue weighted by Gasteiger charge is 2.35. The Balaban J connectivity index is 2.61. The van der Waals surface area contributed by atoms with Crippen molar-refractivity contribution in [2.45, 2.75) is 53.2 Å². The summed E-state index contributed by atoms with van der Waals surface area (Å²) in [7, 11) is 0. The van der Waals surface area contributed by atoms with Crippen LogP contribution in [0.3, 0.4) is 0 Å². The Morgan fingerprint density at radius 1 is 1.41 bits per heavy atom. The number of esters is 2. The van der Waals surface area contributed by atoms with Gasteiger partial charge in [0, 0.05) is 12.5 Å². The summed E-state index contributed by atoms with van der Waals surface area (Å²) in [5, 5.41) is 10.1. The zero-order valence-corrected chi connectivity index (χ0v) is 13.8. The predicted molar refractivity (Wildman–Crippen MR) is 79.5 cm³/mol. The van der Waals surface area contributed by atoms with E-state index in [0.29, 0.717) is 5.57 Å². The maximum Gasteiger partial charge on any atom is 0.308 e. The zero-order valence-electron chi connectivity index (χ0n) is 13.8. The van der Waals surface area contributed by atoms with Crippen molar-refractivity contribution in [2.75, 3.05) is 6.61 Å². The highest BCUT2D eigenvalue weighted by Crippen LogP contribution is 2.32. The molecule has 1 aliphatic heterocycles. The SMILES string of the molecule is C=C1OC(C(O)COC(=O)CC(C)(C)C)C(C)=C1OC(C)=O. The van der Waals surface area contributed by atoms with Crippen LogP contribution < -0.4 is 0 Å². The lowest BCUT2D eigenvalue weighted by molar-refractivity contribution is -0.150. The van der Waals surface area contributed by atoms with Gasteiger partial charge < -0.3 is 19.3 Å². The van der Waals surface area contributed by atoms with Crippen LogP contribution in [0.2, 0.25) is 0 Å². The lowest BCUT2D eigenvalue weighted by Crippen LogP contribution is -2.33. The molecule has 1 heterocycles.